The maximum absolute atomic E-state index is 12.7. The topological polar surface area (TPSA) is 128 Å². The van der Waals surface area contributed by atoms with E-state index in [1.54, 1.807) is 12.3 Å². The van der Waals surface area contributed by atoms with Gasteiger partial charge in [0.2, 0.25) is 5.89 Å². The first kappa shape index (κ1) is 18.9. The van der Waals surface area contributed by atoms with Gasteiger partial charge in [0.25, 0.3) is 10.0 Å². The highest BCUT2D eigenvalue weighted by atomic mass is 32.2. The zero-order valence-electron chi connectivity index (χ0n) is 15.3. The summed E-state index contributed by atoms with van der Waals surface area (Å²) in [6.45, 7) is 0. The summed E-state index contributed by atoms with van der Waals surface area (Å²) in [6.07, 6.45) is 3.48. The fourth-order valence-electron chi connectivity index (χ4n) is 3.21. The molecule has 0 fully saturated rings. The third kappa shape index (κ3) is 3.90. The van der Waals surface area contributed by atoms with Gasteiger partial charge in [-0.2, -0.15) is 8.42 Å². The van der Waals surface area contributed by atoms with Crippen molar-refractivity contribution in [2.75, 3.05) is 11.1 Å². The lowest BCUT2D eigenvalue weighted by Gasteiger charge is -2.18. The molecule has 3 N–H and O–H groups in total. The lowest BCUT2D eigenvalue weighted by molar-refractivity contribution is -0.113. The SMILES string of the molecule is Nc1ccc2c(c1)S(=O)(=O)N=C(C(=O)CCC(c1ccccc1)c1ncco1)N2. The number of oxazole rings is 1. The van der Waals surface area contributed by atoms with E-state index in [4.69, 9.17) is 10.2 Å². The molecule has 1 aromatic heterocycles. The first-order valence-electron chi connectivity index (χ1n) is 8.93. The van der Waals surface area contributed by atoms with Gasteiger partial charge in [-0.25, -0.2) is 4.98 Å². The number of anilines is 2. The Morgan fingerprint density at radius 3 is 2.69 bits per heavy atom. The van der Waals surface area contributed by atoms with Gasteiger partial charge < -0.3 is 15.5 Å². The summed E-state index contributed by atoms with van der Waals surface area (Å²) in [5.74, 6) is -0.357. The molecule has 0 spiro atoms. The Labute approximate surface area is 167 Å². The van der Waals surface area contributed by atoms with E-state index in [1.807, 2.05) is 30.3 Å². The van der Waals surface area contributed by atoms with Gasteiger partial charge in [-0.3, -0.25) is 4.79 Å². The number of ketones is 1. The molecule has 3 aromatic rings. The number of nitrogens with two attached hydrogens (primary N) is 1. The summed E-state index contributed by atoms with van der Waals surface area (Å²) in [6, 6.07) is 14.0. The number of Topliss-reactive ketones (excluding diaryl/α,β-unsaturated/α-hetero) is 1. The van der Waals surface area contributed by atoms with Gasteiger partial charge >= 0.3 is 0 Å². The number of carbonyl (C=O) groups is 1. The Morgan fingerprint density at radius 2 is 1.97 bits per heavy atom. The van der Waals surface area contributed by atoms with Crippen LogP contribution in [0.15, 0.2) is 74.7 Å². The van der Waals surface area contributed by atoms with Crippen LogP contribution < -0.4 is 11.1 Å². The largest absolute Gasteiger partial charge is 0.448 e. The Hall–Kier alpha value is -3.46. The van der Waals surface area contributed by atoms with Gasteiger partial charge in [-0.1, -0.05) is 30.3 Å². The van der Waals surface area contributed by atoms with Crippen molar-refractivity contribution < 1.29 is 17.6 Å². The molecule has 29 heavy (non-hydrogen) atoms. The first-order valence-corrected chi connectivity index (χ1v) is 10.4. The number of fused-ring (bicyclic) bond motifs is 1. The molecule has 1 aliphatic rings. The van der Waals surface area contributed by atoms with Crippen LogP contribution in [0.25, 0.3) is 0 Å². The van der Waals surface area contributed by atoms with E-state index in [0.29, 0.717) is 18.0 Å². The fourth-order valence-corrected chi connectivity index (χ4v) is 4.38. The van der Waals surface area contributed by atoms with E-state index in [2.05, 4.69) is 14.7 Å². The van der Waals surface area contributed by atoms with Crippen molar-refractivity contribution in [1.29, 1.82) is 0 Å². The number of amidine groups is 1. The summed E-state index contributed by atoms with van der Waals surface area (Å²) >= 11 is 0. The van der Waals surface area contributed by atoms with E-state index in [1.165, 1.54) is 18.4 Å². The van der Waals surface area contributed by atoms with Crippen molar-refractivity contribution in [2.45, 2.75) is 23.7 Å². The van der Waals surface area contributed by atoms with E-state index in [9.17, 15) is 13.2 Å². The molecule has 0 aliphatic carbocycles. The highest BCUT2D eigenvalue weighted by molar-refractivity contribution is 7.90. The quantitative estimate of drug-likeness (QED) is 0.598. The van der Waals surface area contributed by atoms with Crippen molar-refractivity contribution in [3.05, 3.63) is 72.4 Å². The van der Waals surface area contributed by atoms with Gasteiger partial charge in [0, 0.05) is 12.1 Å². The Kier molecular flexibility index (Phi) is 4.89. The van der Waals surface area contributed by atoms with Gasteiger partial charge in [0.05, 0.1) is 17.8 Å². The van der Waals surface area contributed by atoms with Crippen LogP contribution in [-0.2, 0) is 14.8 Å². The molecule has 0 amide bonds. The molecule has 0 bridgehead atoms. The molecule has 0 radical (unpaired) electrons. The van der Waals surface area contributed by atoms with Crippen LogP contribution in [0.5, 0.6) is 0 Å². The average molecular weight is 410 g/mol. The minimum absolute atomic E-state index is 0.0454. The van der Waals surface area contributed by atoms with E-state index in [-0.39, 0.29) is 28.8 Å². The number of aromatic nitrogens is 1. The Morgan fingerprint density at radius 1 is 1.17 bits per heavy atom. The van der Waals surface area contributed by atoms with E-state index >= 15 is 0 Å². The number of sulfonamides is 1. The summed E-state index contributed by atoms with van der Waals surface area (Å²) in [7, 11) is -4.00. The van der Waals surface area contributed by atoms with Gasteiger partial charge in [-0.05, 0) is 30.2 Å². The number of nitrogen functional groups attached to an aromatic ring is 1. The van der Waals surface area contributed by atoms with Gasteiger partial charge in [0.15, 0.2) is 11.6 Å². The molecule has 0 saturated carbocycles. The fraction of sp³-hybridized carbons (Fsp3) is 0.150. The van der Waals surface area contributed by atoms with Crippen LogP contribution >= 0.6 is 0 Å². The molecule has 8 nitrogen and oxygen atoms in total. The molecule has 2 heterocycles. The molecule has 1 atom stereocenters. The highest BCUT2D eigenvalue weighted by Crippen LogP contribution is 2.31. The first-order chi connectivity index (χ1) is 13.9. The summed E-state index contributed by atoms with van der Waals surface area (Å²) in [4.78, 5) is 16.9. The van der Waals surface area contributed by atoms with Crippen LogP contribution in [0.2, 0.25) is 0 Å². The molecule has 2 aromatic carbocycles. The molecule has 1 unspecified atom stereocenters. The van der Waals surface area contributed by atoms with Crippen molar-refractivity contribution in [1.82, 2.24) is 4.98 Å². The predicted octanol–water partition coefficient (Wildman–Crippen LogP) is 2.95. The standard InChI is InChI=1S/C20H18N4O4S/c21-14-6-8-16-18(12-14)29(26,27)24-19(23-16)17(25)9-7-15(20-22-10-11-28-20)13-4-2-1-3-5-13/h1-6,8,10-12,15H,7,9,21H2,(H,23,24). The average Bonchev–Trinajstić information content (AvgIpc) is 3.23. The van der Waals surface area contributed by atoms with Crippen molar-refractivity contribution in [2.24, 2.45) is 4.40 Å². The lowest BCUT2D eigenvalue weighted by Crippen LogP contribution is -2.29. The number of hydrogen-bond acceptors (Lipinski definition) is 7. The molecule has 9 heteroatoms. The Balaban J connectivity index is 1.55. The second-order valence-corrected chi connectivity index (χ2v) is 8.16. The number of rotatable bonds is 6. The molecular weight excluding hydrogens is 392 g/mol. The second-order valence-electron chi connectivity index (χ2n) is 6.59. The number of benzene rings is 2. The lowest BCUT2D eigenvalue weighted by atomic mass is 9.93. The van der Waals surface area contributed by atoms with Crippen LogP contribution in [0.3, 0.4) is 0 Å². The molecule has 1 aliphatic heterocycles. The zero-order valence-corrected chi connectivity index (χ0v) is 16.1. The van der Waals surface area contributed by atoms with Gasteiger partial charge in [-0.15, -0.1) is 4.40 Å². The predicted molar refractivity (Wildman–Crippen MR) is 108 cm³/mol. The minimum Gasteiger partial charge on any atom is -0.448 e. The minimum atomic E-state index is -4.00. The summed E-state index contributed by atoms with van der Waals surface area (Å²) in [5.41, 5.74) is 7.20. The third-order valence-corrected chi connectivity index (χ3v) is 5.94. The zero-order chi connectivity index (χ0) is 20.4. The van der Waals surface area contributed by atoms with Crippen LogP contribution in [0.4, 0.5) is 11.4 Å². The number of nitrogens with zero attached hydrogens (tertiary/aromatic N) is 2. The number of nitrogens with one attached hydrogen (secondary N) is 1. The molecule has 148 valence electrons. The molecule has 0 saturated heterocycles. The van der Waals surface area contributed by atoms with Crippen molar-refractivity contribution in [3.8, 4) is 0 Å². The second kappa shape index (κ2) is 7.51. The smallest absolute Gasteiger partial charge is 0.286 e. The van der Waals surface area contributed by atoms with Gasteiger partial charge in [0.1, 0.15) is 11.2 Å². The third-order valence-electron chi connectivity index (χ3n) is 4.62. The summed E-state index contributed by atoms with van der Waals surface area (Å²) < 4.78 is 33.9. The maximum Gasteiger partial charge on any atom is 0.286 e. The molecule has 4 rings (SSSR count). The highest BCUT2D eigenvalue weighted by Gasteiger charge is 2.29. The van der Waals surface area contributed by atoms with E-state index < -0.39 is 15.8 Å². The Bertz CT molecular complexity index is 1170. The maximum atomic E-state index is 12.7. The monoisotopic (exact) mass is 410 g/mol. The van der Waals surface area contributed by atoms with Crippen LogP contribution in [0, 0.1) is 0 Å². The number of carbonyl (C=O) groups excluding carboxylic acids is 1. The normalized spacial score (nSPS) is 15.7. The van der Waals surface area contributed by atoms with Crippen LogP contribution in [0.1, 0.15) is 30.2 Å². The molecular formula is C20H18N4O4S. The van der Waals surface area contributed by atoms with Crippen LogP contribution in [-0.4, -0.2) is 25.0 Å². The van der Waals surface area contributed by atoms with Crippen molar-refractivity contribution in [3.63, 3.8) is 0 Å². The van der Waals surface area contributed by atoms with E-state index in [0.717, 1.165) is 5.56 Å². The van der Waals surface area contributed by atoms with Crippen molar-refractivity contribution >= 4 is 33.0 Å². The number of hydrogen-bond donors (Lipinski definition) is 2. The summed E-state index contributed by atoms with van der Waals surface area (Å²) in [5, 5.41) is 2.80.